The largest absolute Gasteiger partial charge is 0.319 e. The Morgan fingerprint density at radius 3 is 2.73 bits per heavy atom. The molecule has 1 nitrogen and oxygen atoms in total. The minimum Gasteiger partial charge on any atom is -0.319 e. The molecule has 0 amide bonds. The second-order valence-corrected chi connectivity index (χ2v) is 5.75. The third-order valence-corrected chi connectivity index (χ3v) is 3.92. The molecule has 0 saturated heterocycles. The Morgan fingerprint density at radius 1 is 1.47 bits per heavy atom. The molecule has 15 heavy (non-hydrogen) atoms. The van der Waals surface area contributed by atoms with Gasteiger partial charge in [0.15, 0.2) is 0 Å². The lowest BCUT2D eigenvalue weighted by Crippen LogP contribution is -2.47. The zero-order chi connectivity index (χ0) is 10.9. The summed E-state index contributed by atoms with van der Waals surface area (Å²) in [5.74, 6) is 0.873. The van der Waals surface area contributed by atoms with Crippen molar-refractivity contribution in [3.63, 3.8) is 0 Å². The highest BCUT2D eigenvalue weighted by Gasteiger charge is 2.42. The second kappa shape index (κ2) is 4.26. The van der Waals surface area contributed by atoms with Crippen molar-refractivity contribution in [2.75, 3.05) is 13.6 Å². The van der Waals surface area contributed by atoms with Gasteiger partial charge in [-0.05, 0) is 43.5 Å². The van der Waals surface area contributed by atoms with Crippen LogP contribution in [0.5, 0.6) is 0 Å². The standard InChI is InChI=1S/C13H18BrN/c1-10-7-13(8-10,9-15-2)11-4-3-5-12(14)6-11/h3-6,10,15H,7-9H2,1-2H3. The van der Waals surface area contributed by atoms with Crippen LogP contribution in [0.2, 0.25) is 0 Å². The predicted molar refractivity (Wildman–Crippen MR) is 68.1 cm³/mol. The van der Waals surface area contributed by atoms with Crippen molar-refractivity contribution >= 4 is 15.9 Å². The highest BCUT2D eigenvalue weighted by Crippen LogP contribution is 2.47. The zero-order valence-electron chi connectivity index (χ0n) is 9.39. The van der Waals surface area contributed by atoms with Gasteiger partial charge in [0.25, 0.3) is 0 Å². The van der Waals surface area contributed by atoms with E-state index < -0.39 is 0 Å². The Labute approximate surface area is 100 Å². The van der Waals surface area contributed by atoms with E-state index in [1.54, 1.807) is 0 Å². The molecule has 1 aliphatic rings. The maximum absolute atomic E-state index is 3.55. The number of hydrogen-bond donors (Lipinski definition) is 1. The van der Waals surface area contributed by atoms with Gasteiger partial charge in [-0.3, -0.25) is 0 Å². The van der Waals surface area contributed by atoms with Crippen molar-refractivity contribution in [3.05, 3.63) is 34.3 Å². The third-order valence-electron chi connectivity index (χ3n) is 3.43. The molecular weight excluding hydrogens is 250 g/mol. The molecule has 1 aromatic carbocycles. The van der Waals surface area contributed by atoms with Crippen molar-refractivity contribution < 1.29 is 0 Å². The average Bonchev–Trinajstić information content (AvgIpc) is 2.15. The molecule has 0 aromatic heterocycles. The smallest absolute Gasteiger partial charge is 0.0178 e. The van der Waals surface area contributed by atoms with Crippen LogP contribution >= 0.6 is 15.9 Å². The van der Waals surface area contributed by atoms with E-state index in [1.165, 1.54) is 22.9 Å². The highest BCUT2D eigenvalue weighted by atomic mass is 79.9. The van der Waals surface area contributed by atoms with Crippen LogP contribution in [0.4, 0.5) is 0 Å². The van der Waals surface area contributed by atoms with E-state index >= 15 is 0 Å². The normalized spacial score (nSPS) is 29.9. The number of halogens is 1. The molecule has 2 heteroatoms. The fourth-order valence-corrected chi connectivity index (χ4v) is 3.31. The molecule has 1 aromatic rings. The van der Waals surface area contributed by atoms with Gasteiger partial charge >= 0.3 is 0 Å². The highest BCUT2D eigenvalue weighted by molar-refractivity contribution is 9.10. The lowest BCUT2D eigenvalue weighted by atomic mass is 9.59. The van der Waals surface area contributed by atoms with E-state index in [4.69, 9.17) is 0 Å². The third kappa shape index (κ3) is 2.11. The molecule has 0 aliphatic heterocycles. The SMILES string of the molecule is CNCC1(c2cccc(Br)c2)CC(C)C1. The van der Waals surface area contributed by atoms with Crippen molar-refractivity contribution in [1.82, 2.24) is 5.32 Å². The first-order chi connectivity index (χ1) is 7.16. The van der Waals surface area contributed by atoms with E-state index in [0.717, 1.165) is 12.5 Å². The van der Waals surface area contributed by atoms with Gasteiger partial charge in [-0.25, -0.2) is 0 Å². The molecule has 0 bridgehead atoms. The van der Waals surface area contributed by atoms with Crippen molar-refractivity contribution in [2.24, 2.45) is 5.92 Å². The van der Waals surface area contributed by atoms with Gasteiger partial charge < -0.3 is 5.32 Å². The lowest BCUT2D eigenvalue weighted by Gasteiger charge is -2.47. The van der Waals surface area contributed by atoms with Crippen LogP contribution in [-0.4, -0.2) is 13.6 Å². The van der Waals surface area contributed by atoms with E-state index in [2.05, 4.69) is 52.4 Å². The van der Waals surface area contributed by atoms with Crippen molar-refractivity contribution in [1.29, 1.82) is 0 Å². The molecule has 0 heterocycles. The topological polar surface area (TPSA) is 12.0 Å². The number of hydrogen-bond acceptors (Lipinski definition) is 1. The second-order valence-electron chi connectivity index (χ2n) is 4.83. The summed E-state index contributed by atoms with van der Waals surface area (Å²) >= 11 is 3.55. The maximum atomic E-state index is 3.55. The molecule has 0 spiro atoms. The van der Waals surface area contributed by atoms with Gasteiger partial charge in [0.1, 0.15) is 0 Å². The predicted octanol–water partition coefficient (Wildman–Crippen LogP) is 3.34. The molecule has 82 valence electrons. The van der Waals surface area contributed by atoms with Crippen LogP contribution in [0.15, 0.2) is 28.7 Å². The average molecular weight is 268 g/mol. The van der Waals surface area contributed by atoms with Gasteiger partial charge in [0.05, 0.1) is 0 Å². The van der Waals surface area contributed by atoms with Crippen LogP contribution in [0, 0.1) is 5.92 Å². The fourth-order valence-electron chi connectivity index (χ4n) is 2.91. The molecule has 0 atom stereocenters. The minimum atomic E-state index is 0.387. The van der Waals surface area contributed by atoms with Crippen LogP contribution in [0.25, 0.3) is 0 Å². The van der Waals surface area contributed by atoms with Crippen LogP contribution in [0.3, 0.4) is 0 Å². The lowest BCUT2D eigenvalue weighted by molar-refractivity contribution is 0.155. The van der Waals surface area contributed by atoms with Gasteiger partial charge in [-0.1, -0.05) is 35.0 Å². The van der Waals surface area contributed by atoms with E-state index in [9.17, 15) is 0 Å². The Balaban J connectivity index is 2.26. The molecule has 1 fully saturated rings. The fraction of sp³-hybridized carbons (Fsp3) is 0.538. The first-order valence-corrected chi connectivity index (χ1v) is 6.36. The van der Waals surface area contributed by atoms with Gasteiger partial charge in [0, 0.05) is 16.4 Å². The van der Waals surface area contributed by atoms with Crippen molar-refractivity contribution in [2.45, 2.75) is 25.2 Å². The zero-order valence-corrected chi connectivity index (χ0v) is 11.0. The van der Waals surface area contributed by atoms with E-state index in [-0.39, 0.29) is 0 Å². The molecule has 0 unspecified atom stereocenters. The quantitative estimate of drug-likeness (QED) is 0.886. The molecule has 1 aliphatic carbocycles. The Hall–Kier alpha value is -0.340. The van der Waals surface area contributed by atoms with Crippen LogP contribution in [0.1, 0.15) is 25.3 Å². The van der Waals surface area contributed by atoms with Crippen molar-refractivity contribution in [3.8, 4) is 0 Å². The minimum absolute atomic E-state index is 0.387. The number of likely N-dealkylation sites (N-methyl/N-ethyl adjacent to an activating group) is 1. The molecule has 1 saturated carbocycles. The molecule has 0 radical (unpaired) electrons. The first-order valence-electron chi connectivity index (χ1n) is 5.57. The van der Waals surface area contributed by atoms with Gasteiger partial charge in [0.2, 0.25) is 0 Å². The summed E-state index contributed by atoms with van der Waals surface area (Å²) in [6.07, 6.45) is 2.62. The molecular formula is C13H18BrN. The van der Waals surface area contributed by atoms with E-state index in [1.807, 2.05) is 7.05 Å². The summed E-state index contributed by atoms with van der Waals surface area (Å²) in [6, 6.07) is 8.76. The van der Waals surface area contributed by atoms with Crippen LogP contribution < -0.4 is 5.32 Å². The summed E-state index contributed by atoms with van der Waals surface area (Å²) in [5.41, 5.74) is 1.86. The number of benzene rings is 1. The summed E-state index contributed by atoms with van der Waals surface area (Å²) in [4.78, 5) is 0. The Morgan fingerprint density at radius 2 is 2.20 bits per heavy atom. The number of rotatable bonds is 3. The summed E-state index contributed by atoms with van der Waals surface area (Å²) in [7, 11) is 2.04. The summed E-state index contributed by atoms with van der Waals surface area (Å²) < 4.78 is 1.19. The first kappa shape index (κ1) is 11.2. The summed E-state index contributed by atoms with van der Waals surface area (Å²) in [6.45, 7) is 3.43. The summed E-state index contributed by atoms with van der Waals surface area (Å²) in [5, 5.41) is 3.33. The monoisotopic (exact) mass is 267 g/mol. The maximum Gasteiger partial charge on any atom is 0.0178 e. The van der Waals surface area contributed by atoms with Gasteiger partial charge in [-0.2, -0.15) is 0 Å². The molecule has 2 rings (SSSR count). The Bertz CT molecular complexity index is 337. The van der Waals surface area contributed by atoms with E-state index in [0.29, 0.717) is 5.41 Å². The Kier molecular flexibility index (Phi) is 3.17. The number of nitrogens with one attached hydrogen (secondary N) is 1. The van der Waals surface area contributed by atoms with Crippen LogP contribution in [-0.2, 0) is 5.41 Å². The van der Waals surface area contributed by atoms with Gasteiger partial charge in [-0.15, -0.1) is 0 Å². The molecule has 1 N–H and O–H groups in total.